The van der Waals surface area contributed by atoms with Gasteiger partial charge < -0.3 is 9.84 Å². The molecule has 0 saturated carbocycles. The van der Waals surface area contributed by atoms with Crippen molar-refractivity contribution in [3.05, 3.63) is 48.3 Å². The lowest BCUT2D eigenvalue weighted by Crippen LogP contribution is -2.01. The van der Waals surface area contributed by atoms with Crippen LogP contribution in [0.25, 0.3) is 11.1 Å². The molecule has 0 unspecified atom stereocenters. The van der Waals surface area contributed by atoms with E-state index in [0.29, 0.717) is 11.1 Å². The Morgan fingerprint density at radius 1 is 1.16 bits per heavy atom. The summed E-state index contributed by atoms with van der Waals surface area (Å²) in [5, 5.41) is 8.86. The number of carbonyl (C=O) groups is 1. The van der Waals surface area contributed by atoms with E-state index in [0.717, 1.165) is 0 Å². The molecule has 0 fully saturated rings. The van der Waals surface area contributed by atoms with Crippen LogP contribution in [0.1, 0.15) is 10.4 Å². The number of rotatable bonds is 4. The smallest absolute Gasteiger partial charge is 0.387 e. The van der Waals surface area contributed by atoms with Crippen molar-refractivity contribution >= 4 is 5.97 Å². The highest BCUT2D eigenvalue weighted by molar-refractivity contribution is 5.88. The largest absolute Gasteiger partial charge is 0.478 e. The first-order valence-corrected chi connectivity index (χ1v) is 5.30. The molecule has 98 valence electrons. The molecule has 1 aromatic heterocycles. The molecule has 0 radical (unpaired) electrons. The molecule has 0 atom stereocenters. The summed E-state index contributed by atoms with van der Waals surface area (Å²) < 4.78 is 28.2. The van der Waals surface area contributed by atoms with Crippen molar-refractivity contribution in [1.82, 2.24) is 4.98 Å². The summed E-state index contributed by atoms with van der Waals surface area (Å²) in [6, 6.07) is 7.34. The van der Waals surface area contributed by atoms with Crippen molar-refractivity contribution in [2.24, 2.45) is 0 Å². The Kier molecular flexibility index (Phi) is 3.70. The SMILES string of the molecule is O=C(O)c1cncc(-c2ccc(OC(F)F)cc2)c1. The summed E-state index contributed by atoms with van der Waals surface area (Å²) in [6.07, 6.45) is 2.73. The van der Waals surface area contributed by atoms with Crippen molar-refractivity contribution in [3.63, 3.8) is 0 Å². The Labute approximate surface area is 107 Å². The van der Waals surface area contributed by atoms with Crippen LogP contribution >= 0.6 is 0 Å². The van der Waals surface area contributed by atoms with E-state index < -0.39 is 12.6 Å². The Bertz CT molecular complexity index is 585. The van der Waals surface area contributed by atoms with E-state index in [-0.39, 0.29) is 11.3 Å². The molecule has 0 aliphatic carbocycles. The third-order valence-electron chi connectivity index (χ3n) is 2.40. The topological polar surface area (TPSA) is 59.4 Å². The summed E-state index contributed by atoms with van der Waals surface area (Å²) in [7, 11) is 0. The van der Waals surface area contributed by atoms with Gasteiger partial charge in [-0.25, -0.2) is 4.79 Å². The number of nitrogens with zero attached hydrogens (tertiary/aromatic N) is 1. The molecule has 0 aliphatic rings. The molecule has 2 aromatic rings. The van der Waals surface area contributed by atoms with Gasteiger partial charge in [0.15, 0.2) is 0 Å². The van der Waals surface area contributed by atoms with Gasteiger partial charge in [0.2, 0.25) is 0 Å². The van der Waals surface area contributed by atoms with Crippen LogP contribution in [0.3, 0.4) is 0 Å². The monoisotopic (exact) mass is 265 g/mol. The number of halogens is 2. The fraction of sp³-hybridized carbons (Fsp3) is 0.0769. The Morgan fingerprint density at radius 3 is 2.42 bits per heavy atom. The normalized spacial score (nSPS) is 10.5. The van der Waals surface area contributed by atoms with Gasteiger partial charge in [0.1, 0.15) is 5.75 Å². The maximum absolute atomic E-state index is 12.0. The van der Waals surface area contributed by atoms with E-state index in [9.17, 15) is 13.6 Å². The lowest BCUT2D eigenvalue weighted by Gasteiger charge is -2.06. The van der Waals surface area contributed by atoms with Gasteiger partial charge in [-0.2, -0.15) is 8.78 Å². The third kappa shape index (κ3) is 3.25. The zero-order valence-electron chi connectivity index (χ0n) is 9.59. The molecule has 19 heavy (non-hydrogen) atoms. The standard InChI is InChI=1S/C13H9F2NO3/c14-13(15)19-11-3-1-8(2-4-11)9-5-10(12(17)18)7-16-6-9/h1-7,13H,(H,17,18). The second-order valence-corrected chi connectivity index (χ2v) is 3.67. The number of alkyl halides is 2. The number of hydrogen-bond donors (Lipinski definition) is 1. The van der Waals surface area contributed by atoms with Gasteiger partial charge >= 0.3 is 12.6 Å². The van der Waals surface area contributed by atoms with E-state index in [4.69, 9.17) is 5.11 Å². The molecule has 0 bridgehead atoms. The summed E-state index contributed by atoms with van der Waals surface area (Å²) in [5.74, 6) is -1.03. The number of aromatic nitrogens is 1. The maximum atomic E-state index is 12.0. The fourth-order valence-electron chi connectivity index (χ4n) is 1.54. The summed E-state index contributed by atoms with van der Waals surface area (Å²) in [5.41, 5.74) is 1.31. The van der Waals surface area contributed by atoms with Crippen LogP contribution in [0.5, 0.6) is 5.75 Å². The van der Waals surface area contributed by atoms with E-state index >= 15 is 0 Å². The molecule has 0 spiro atoms. The molecule has 0 saturated heterocycles. The molecule has 4 nitrogen and oxygen atoms in total. The predicted molar refractivity (Wildman–Crippen MR) is 63.3 cm³/mol. The van der Waals surface area contributed by atoms with Gasteiger partial charge in [0, 0.05) is 18.0 Å². The lowest BCUT2D eigenvalue weighted by atomic mass is 10.1. The Morgan fingerprint density at radius 2 is 1.84 bits per heavy atom. The molecule has 0 aliphatic heterocycles. The van der Waals surface area contributed by atoms with Crippen LogP contribution in [-0.2, 0) is 0 Å². The zero-order chi connectivity index (χ0) is 13.8. The average molecular weight is 265 g/mol. The van der Waals surface area contributed by atoms with Crippen LogP contribution in [-0.4, -0.2) is 22.7 Å². The highest BCUT2D eigenvalue weighted by Gasteiger charge is 2.07. The quantitative estimate of drug-likeness (QED) is 0.923. The molecule has 1 aromatic carbocycles. The van der Waals surface area contributed by atoms with Crippen LogP contribution < -0.4 is 4.74 Å². The number of hydrogen-bond acceptors (Lipinski definition) is 3. The second-order valence-electron chi connectivity index (χ2n) is 3.67. The van der Waals surface area contributed by atoms with E-state index in [1.54, 1.807) is 12.1 Å². The first-order chi connectivity index (χ1) is 9.06. The fourth-order valence-corrected chi connectivity index (χ4v) is 1.54. The Balaban J connectivity index is 2.27. The van der Waals surface area contributed by atoms with Gasteiger partial charge in [0.05, 0.1) is 5.56 Å². The van der Waals surface area contributed by atoms with Gasteiger partial charge in [-0.1, -0.05) is 12.1 Å². The number of carboxylic acids is 1. The number of benzene rings is 1. The van der Waals surface area contributed by atoms with Gasteiger partial charge in [-0.15, -0.1) is 0 Å². The van der Waals surface area contributed by atoms with E-state index in [1.807, 2.05) is 0 Å². The lowest BCUT2D eigenvalue weighted by molar-refractivity contribution is -0.0498. The maximum Gasteiger partial charge on any atom is 0.387 e. The van der Waals surface area contributed by atoms with Gasteiger partial charge in [-0.3, -0.25) is 4.98 Å². The predicted octanol–water partition coefficient (Wildman–Crippen LogP) is 3.05. The Hall–Kier alpha value is -2.50. The molecule has 2 rings (SSSR count). The number of aromatic carboxylic acids is 1. The summed E-state index contributed by atoms with van der Waals surface area (Å²) in [4.78, 5) is 14.6. The highest BCUT2D eigenvalue weighted by Crippen LogP contribution is 2.23. The summed E-state index contributed by atoms with van der Waals surface area (Å²) in [6.45, 7) is -2.87. The van der Waals surface area contributed by atoms with Gasteiger partial charge in [0.25, 0.3) is 0 Å². The van der Waals surface area contributed by atoms with Crippen molar-refractivity contribution in [1.29, 1.82) is 0 Å². The molecule has 0 amide bonds. The van der Waals surface area contributed by atoms with Crippen molar-refractivity contribution < 1.29 is 23.4 Å². The van der Waals surface area contributed by atoms with Crippen molar-refractivity contribution in [3.8, 4) is 16.9 Å². The van der Waals surface area contributed by atoms with Crippen LogP contribution in [0.2, 0.25) is 0 Å². The number of pyridine rings is 1. The van der Waals surface area contributed by atoms with E-state index in [1.165, 1.54) is 30.6 Å². The molecule has 1 N–H and O–H groups in total. The van der Waals surface area contributed by atoms with Crippen molar-refractivity contribution in [2.75, 3.05) is 0 Å². The van der Waals surface area contributed by atoms with E-state index in [2.05, 4.69) is 9.72 Å². The third-order valence-corrected chi connectivity index (χ3v) is 2.40. The summed E-state index contributed by atoms with van der Waals surface area (Å²) >= 11 is 0. The first-order valence-electron chi connectivity index (χ1n) is 5.30. The molecule has 1 heterocycles. The van der Waals surface area contributed by atoms with Crippen LogP contribution in [0, 0.1) is 0 Å². The van der Waals surface area contributed by atoms with Crippen LogP contribution in [0.4, 0.5) is 8.78 Å². The minimum absolute atomic E-state index is 0.0427. The minimum atomic E-state index is -2.87. The molecular weight excluding hydrogens is 256 g/mol. The number of ether oxygens (including phenoxy) is 1. The van der Waals surface area contributed by atoms with Crippen molar-refractivity contribution in [2.45, 2.75) is 6.61 Å². The average Bonchev–Trinajstić information content (AvgIpc) is 2.39. The first kappa shape index (κ1) is 12.9. The van der Waals surface area contributed by atoms with Crippen LogP contribution in [0.15, 0.2) is 42.7 Å². The number of carboxylic acid groups (broad SMARTS) is 1. The highest BCUT2D eigenvalue weighted by atomic mass is 19.3. The zero-order valence-corrected chi connectivity index (χ0v) is 9.59. The minimum Gasteiger partial charge on any atom is -0.478 e. The second kappa shape index (κ2) is 5.43. The van der Waals surface area contributed by atoms with Gasteiger partial charge in [-0.05, 0) is 23.8 Å². The molecule has 6 heteroatoms. The molecular formula is C13H9F2NO3.